The van der Waals surface area contributed by atoms with Crippen molar-refractivity contribution in [3.8, 4) is 0 Å². The van der Waals surface area contributed by atoms with Crippen LogP contribution in [-0.2, 0) is 20.0 Å². The second-order valence-electron chi connectivity index (χ2n) is 8.08. The number of imidazole rings is 1. The van der Waals surface area contributed by atoms with E-state index in [9.17, 15) is 4.79 Å². The van der Waals surface area contributed by atoms with Crippen molar-refractivity contribution in [1.82, 2.24) is 19.1 Å². The lowest BCUT2D eigenvalue weighted by Crippen LogP contribution is -2.44. The molecule has 1 saturated heterocycles. The van der Waals surface area contributed by atoms with Crippen LogP contribution >= 0.6 is 0 Å². The molecule has 0 spiro atoms. The minimum absolute atomic E-state index is 0.0513. The van der Waals surface area contributed by atoms with Crippen molar-refractivity contribution in [2.24, 2.45) is 12.8 Å². The molecule has 7 heteroatoms. The normalized spacial score (nSPS) is 16.9. The third-order valence-corrected chi connectivity index (χ3v) is 5.79. The van der Waals surface area contributed by atoms with Crippen molar-refractivity contribution >= 4 is 17.1 Å². The summed E-state index contributed by atoms with van der Waals surface area (Å²) in [5.74, 6) is 1.55. The van der Waals surface area contributed by atoms with Gasteiger partial charge in [0, 0.05) is 32.6 Å². The number of allylic oxidation sites excluding steroid dienone is 1. The van der Waals surface area contributed by atoms with Gasteiger partial charge in [0.15, 0.2) is 11.2 Å². The van der Waals surface area contributed by atoms with Crippen LogP contribution < -0.4 is 16.2 Å². The molecule has 3 aromatic rings. The Morgan fingerprint density at radius 3 is 2.80 bits per heavy atom. The van der Waals surface area contributed by atoms with E-state index in [4.69, 9.17) is 15.7 Å². The third kappa shape index (κ3) is 4.03. The predicted molar refractivity (Wildman–Crippen MR) is 121 cm³/mol. The Morgan fingerprint density at radius 2 is 2.07 bits per heavy atom. The number of piperidine rings is 1. The highest BCUT2D eigenvalue weighted by molar-refractivity contribution is 5.74. The Kier molecular flexibility index (Phi) is 5.99. The molecule has 0 radical (unpaired) electrons. The summed E-state index contributed by atoms with van der Waals surface area (Å²) < 4.78 is 3.69. The summed E-state index contributed by atoms with van der Waals surface area (Å²) in [5.41, 5.74) is 8.39. The monoisotopic (exact) mass is 406 g/mol. The molecule has 158 valence electrons. The van der Waals surface area contributed by atoms with Gasteiger partial charge < -0.3 is 10.6 Å². The van der Waals surface area contributed by atoms with Crippen LogP contribution in [0.4, 0.5) is 5.95 Å². The zero-order valence-electron chi connectivity index (χ0n) is 17.6. The average Bonchev–Trinajstić information content (AvgIpc) is 3.10. The summed E-state index contributed by atoms with van der Waals surface area (Å²) in [5, 5.41) is 0. The van der Waals surface area contributed by atoms with Crippen LogP contribution in [-0.4, -0.2) is 38.2 Å². The summed E-state index contributed by atoms with van der Waals surface area (Å²) in [6.07, 6.45) is 6.46. The van der Waals surface area contributed by atoms with E-state index >= 15 is 0 Å². The number of nitrogens with two attached hydrogens (primary N) is 1. The molecule has 4 rings (SSSR count). The molecule has 2 aromatic heterocycles. The summed E-state index contributed by atoms with van der Waals surface area (Å²) >= 11 is 0. The largest absolute Gasteiger partial charge is 0.341 e. The number of hydrogen-bond donors (Lipinski definition) is 1. The van der Waals surface area contributed by atoms with Gasteiger partial charge in [-0.05, 0) is 31.2 Å². The fraction of sp³-hybridized carbons (Fsp3) is 0.435. The fourth-order valence-corrected chi connectivity index (χ4v) is 4.17. The van der Waals surface area contributed by atoms with E-state index in [0.717, 1.165) is 62.5 Å². The number of aryl methyl sites for hydroxylation is 1. The minimum atomic E-state index is -0.0513. The maximum absolute atomic E-state index is 13.4. The Balaban J connectivity index is 1.83. The van der Waals surface area contributed by atoms with Crippen molar-refractivity contribution in [2.75, 3.05) is 18.0 Å². The van der Waals surface area contributed by atoms with Gasteiger partial charge in [0.05, 0.1) is 6.54 Å². The summed E-state index contributed by atoms with van der Waals surface area (Å²) in [6, 6.07) is 10.3. The minimum Gasteiger partial charge on any atom is -0.341 e. The molecule has 1 aromatic carbocycles. The molecule has 1 aliphatic rings. The smallest absolute Gasteiger partial charge is 0.279 e. The van der Waals surface area contributed by atoms with Gasteiger partial charge in [-0.15, -0.1) is 6.58 Å². The van der Waals surface area contributed by atoms with Crippen LogP contribution in [0.25, 0.3) is 11.2 Å². The van der Waals surface area contributed by atoms with Crippen molar-refractivity contribution in [3.05, 3.63) is 64.7 Å². The first-order chi connectivity index (χ1) is 14.6. The topological polar surface area (TPSA) is 82.0 Å². The Hall–Kier alpha value is -2.93. The Bertz CT molecular complexity index is 1080. The molecule has 30 heavy (non-hydrogen) atoms. The molecular weight excluding hydrogens is 376 g/mol. The molecule has 7 nitrogen and oxygen atoms in total. The van der Waals surface area contributed by atoms with Gasteiger partial charge in [0.2, 0.25) is 5.95 Å². The average molecular weight is 407 g/mol. The van der Waals surface area contributed by atoms with E-state index in [2.05, 4.69) is 23.6 Å². The second-order valence-corrected chi connectivity index (χ2v) is 8.08. The number of hydrogen-bond acceptors (Lipinski definition) is 5. The molecule has 1 fully saturated rings. The van der Waals surface area contributed by atoms with E-state index in [1.807, 2.05) is 28.8 Å². The van der Waals surface area contributed by atoms with Gasteiger partial charge in [0.25, 0.3) is 5.56 Å². The van der Waals surface area contributed by atoms with Crippen LogP contribution in [0.15, 0.2) is 47.8 Å². The number of unbranched alkanes of at least 4 members (excludes halogenated alkanes) is 1. The quantitative estimate of drug-likeness (QED) is 0.482. The fourth-order valence-electron chi connectivity index (χ4n) is 4.17. The highest BCUT2D eigenvalue weighted by atomic mass is 16.1. The standard InChI is InChI=1S/C23H30N6O/c1-3-4-6-13-19-25-21-20(22(30)27(19)2)29(15-17-10-7-5-8-11-17)23(26-21)28-14-9-12-18(24)16-28/h3,5,7-8,10-11,18H,1,4,6,9,12-16,24H2,2H3. The number of nitrogens with zero attached hydrogens (tertiary/aromatic N) is 5. The lowest BCUT2D eigenvalue weighted by molar-refractivity contribution is 0.495. The Morgan fingerprint density at radius 1 is 1.27 bits per heavy atom. The van der Waals surface area contributed by atoms with Gasteiger partial charge >= 0.3 is 0 Å². The number of aromatic nitrogens is 4. The molecule has 1 atom stereocenters. The van der Waals surface area contributed by atoms with Gasteiger partial charge in [-0.3, -0.25) is 13.9 Å². The highest BCUT2D eigenvalue weighted by Gasteiger charge is 2.25. The molecule has 3 heterocycles. The van der Waals surface area contributed by atoms with Crippen LogP contribution in [0.2, 0.25) is 0 Å². The molecule has 0 saturated carbocycles. The van der Waals surface area contributed by atoms with Crippen molar-refractivity contribution in [3.63, 3.8) is 0 Å². The molecule has 1 unspecified atom stereocenters. The van der Waals surface area contributed by atoms with E-state index in [-0.39, 0.29) is 11.6 Å². The Labute approximate surface area is 176 Å². The summed E-state index contributed by atoms with van der Waals surface area (Å²) in [4.78, 5) is 25.2. The van der Waals surface area contributed by atoms with Gasteiger partial charge in [-0.1, -0.05) is 36.4 Å². The second kappa shape index (κ2) is 8.83. The van der Waals surface area contributed by atoms with Crippen molar-refractivity contribution in [2.45, 2.75) is 44.7 Å². The first-order valence-electron chi connectivity index (χ1n) is 10.7. The van der Waals surface area contributed by atoms with E-state index in [1.165, 1.54) is 0 Å². The zero-order chi connectivity index (χ0) is 21.1. The van der Waals surface area contributed by atoms with Crippen molar-refractivity contribution < 1.29 is 0 Å². The molecule has 0 aliphatic carbocycles. The van der Waals surface area contributed by atoms with Gasteiger partial charge in [-0.25, -0.2) is 4.98 Å². The molecule has 0 amide bonds. The van der Waals surface area contributed by atoms with E-state index in [1.54, 1.807) is 11.6 Å². The summed E-state index contributed by atoms with van der Waals surface area (Å²) in [7, 11) is 1.80. The first kappa shape index (κ1) is 20.3. The van der Waals surface area contributed by atoms with Crippen LogP contribution in [0, 0.1) is 0 Å². The van der Waals surface area contributed by atoms with E-state index in [0.29, 0.717) is 17.7 Å². The molecule has 2 N–H and O–H groups in total. The van der Waals surface area contributed by atoms with Crippen LogP contribution in [0.5, 0.6) is 0 Å². The zero-order valence-corrected chi connectivity index (χ0v) is 17.6. The molecule has 0 bridgehead atoms. The van der Waals surface area contributed by atoms with Crippen LogP contribution in [0.3, 0.4) is 0 Å². The maximum Gasteiger partial charge on any atom is 0.279 e. The lowest BCUT2D eigenvalue weighted by Gasteiger charge is -2.31. The maximum atomic E-state index is 13.4. The van der Waals surface area contributed by atoms with Gasteiger partial charge in [0.1, 0.15) is 5.82 Å². The van der Waals surface area contributed by atoms with Crippen molar-refractivity contribution in [1.29, 1.82) is 0 Å². The number of anilines is 1. The number of benzene rings is 1. The highest BCUT2D eigenvalue weighted by Crippen LogP contribution is 2.24. The number of rotatable bonds is 7. The molecule has 1 aliphatic heterocycles. The number of fused-ring (bicyclic) bond motifs is 1. The SMILES string of the molecule is C=CCCCc1nc2nc(N3CCCC(N)C3)n(Cc3ccccc3)c2c(=O)n1C. The first-order valence-corrected chi connectivity index (χ1v) is 10.7. The van der Waals surface area contributed by atoms with Gasteiger partial charge in [-0.2, -0.15) is 4.98 Å². The predicted octanol–water partition coefficient (Wildman–Crippen LogP) is 2.61. The molecular formula is C23H30N6O. The lowest BCUT2D eigenvalue weighted by atomic mass is 10.1. The third-order valence-electron chi connectivity index (χ3n) is 5.79. The van der Waals surface area contributed by atoms with E-state index < -0.39 is 0 Å². The summed E-state index contributed by atoms with van der Waals surface area (Å²) in [6.45, 7) is 5.98. The van der Waals surface area contributed by atoms with Crippen LogP contribution in [0.1, 0.15) is 37.1 Å².